The van der Waals surface area contributed by atoms with Gasteiger partial charge in [0.1, 0.15) is 5.52 Å². The standard InChI is InChI=1S/C16H22N6O3/c1-10-4-7-22(16(24)25-2)8-5-11(10)20-15(23)21-13-9-18-14-12(19-13)3-6-17-14/h3,6,9-11H,4-5,7-8H2,1-2H3,(H,17,18)(H2,19,20,21,23)/t10-,11+/m1/s1. The van der Waals surface area contributed by atoms with E-state index in [1.165, 1.54) is 13.3 Å². The highest BCUT2D eigenvalue weighted by atomic mass is 16.5. The summed E-state index contributed by atoms with van der Waals surface area (Å²) in [5.41, 5.74) is 1.36. The second kappa shape index (κ2) is 7.37. The predicted molar refractivity (Wildman–Crippen MR) is 92.2 cm³/mol. The molecule has 1 saturated heterocycles. The molecule has 2 aromatic rings. The van der Waals surface area contributed by atoms with Crippen LogP contribution >= 0.6 is 0 Å². The van der Waals surface area contributed by atoms with E-state index in [0.29, 0.717) is 36.5 Å². The number of nitrogens with zero attached hydrogens (tertiary/aromatic N) is 3. The molecule has 134 valence electrons. The fourth-order valence-corrected chi connectivity index (χ4v) is 2.99. The van der Waals surface area contributed by atoms with Gasteiger partial charge in [-0.3, -0.25) is 5.32 Å². The van der Waals surface area contributed by atoms with Crippen LogP contribution in [-0.2, 0) is 4.74 Å². The van der Waals surface area contributed by atoms with Gasteiger partial charge in [-0.1, -0.05) is 6.92 Å². The van der Waals surface area contributed by atoms with Crippen molar-refractivity contribution in [3.63, 3.8) is 0 Å². The topological polar surface area (TPSA) is 112 Å². The quantitative estimate of drug-likeness (QED) is 0.769. The number of hydrogen-bond donors (Lipinski definition) is 3. The minimum absolute atomic E-state index is 0.0291. The van der Waals surface area contributed by atoms with Gasteiger partial charge in [0.05, 0.1) is 13.3 Å². The van der Waals surface area contributed by atoms with Crippen LogP contribution in [0.4, 0.5) is 15.4 Å². The molecule has 1 fully saturated rings. The molecule has 3 heterocycles. The summed E-state index contributed by atoms with van der Waals surface area (Å²) >= 11 is 0. The van der Waals surface area contributed by atoms with E-state index in [1.54, 1.807) is 17.2 Å². The molecule has 1 aliphatic rings. The summed E-state index contributed by atoms with van der Waals surface area (Å²) in [5, 5.41) is 5.69. The maximum absolute atomic E-state index is 12.3. The lowest BCUT2D eigenvalue weighted by molar-refractivity contribution is 0.124. The summed E-state index contributed by atoms with van der Waals surface area (Å²) in [6.45, 7) is 3.25. The molecule has 9 heteroatoms. The molecular formula is C16H22N6O3. The van der Waals surface area contributed by atoms with E-state index >= 15 is 0 Å². The van der Waals surface area contributed by atoms with Crippen LogP contribution in [0.2, 0.25) is 0 Å². The number of likely N-dealkylation sites (tertiary alicyclic amines) is 1. The van der Waals surface area contributed by atoms with Crippen molar-refractivity contribution < 1.29 is 14.3 Å². The smallest absolute Gasteiger partial charge is 0.409 e. The van der Waals surface area contributed by atoms with Gasteiger partial charge in [0.2, 0.25) is 0 Å². The van der Waals surface area contributed by atoms with Crippen LogP contribution in [0.3, 0.4) is 0 Å². The number of nitrogens with one attached hydrogen (secondary N) is 3. The third-order valence-corrected chi connectivity index (χ3v) is 4.50. The van der Waals surface area contributed by atoms with E-state index in [1.807, 2.05) is 0 Å². The molecule has 0 aromatic carbocycles. The van der Waals surface area contributed by atoms with Crippen LogP contribution in [0, 0.1) is 5.92 Å². The second-order valence-corrected chi connectivity index (χ2v) is 6.18. The first kappa shape index (κ1) is 17.0. The van der Waals surface area contributed by atoms with Gasteiger partial charge in [-0.05, 0) is 24.8 Å². The highest BCUT2D eigenvalue weighted by Gasteiger charge is 2.27. The van der Waals surface area contributed by atoms with Gasteiger partial charge < -0.3 is 19.9 Å². The number of urea groups is 1. The average molecular weight is 346 g/mol. The van der Waals surface area contributed by atoms with E-state index in [2.05, 4.69) is 32.5 Å². The van der Waals surface area contributed by atoms with Crippen LogP contribution in [0.15, 0.2) is 18.5 Å². The first-order valence-corrected chi connectivity index (χ1v) is 8.27. The molecule has 0 radical (unpaired) electrons. The summed E-state index contributed by atoms with van der Waals surface area (Å²) in [6.07, 6.45) is 4.40. The van der Waals surface area contributed by atoms with Crippen molar-refractivity contribution in [1.82, 2.24) is 25.2 Å². The number of amides is 3. The molecule has 3 amide bonds. The number of carbonyl (C=O) groups is 2. The van der Waals surface area contributed by atoms with Crippen LogP contribution in [-0.4, -0.2) is 58.2 Å². The van der Waals surface area contributed by atoms with Crippen LogP contribution in [0.5, 0.6) is 0 Å². The van der Waals surface area contributed by atoms with Crippen molar-refractivity contribution in [2.45, 2.75) is 25.8 Å². The zero-order valence-electron chi connectivity index (χ0n) is 14.3. The maximum Gasteiger partial charge on any atom is 0.409 e. The predicted octanol–water partition coefficient (Wildman–Crippen LogP) is 1.95. The molecule has 3 rings (SSSR count). The number of carbonyl (C=O) groups excluding carboxylic acids is 2. The Morgan fingerprint density at radius 2 is 2.16 bits per heavy atom. The van der Waals surface area contributed by atoms with Crippen molar-refractivity contribution in [2.75, 3.05) is 25.5 Å². The van der Waals surface area contributed by atoms with Crippen LogP contribution < -0.4 is 10.6 Å². The normalized spacial score (nSPS) is 20.8. The SMILES string of the molecule is COC(=O)N1CC[C@@H](C)[C@@H](NC(=O)Nc2cnc3[nH]ccc3n2)CC1. The summed E-state index contributed by atoms with van der Waals surface area (Å²) < 4.78 is 4.77. The largest absolute Gasteiger partial charge is 0.453 e. The molecule has 0 spiro atoms. The number of fused-ring (bicyclic) bond motifs is 1. The number of H-pyrrole nitrogens is 1. The van der Waals surface area contributed by atoms with Crippen LogP contribution in [0.25, 0.3) is 11.2 Å². The number of aromatic nitrogens is 3. The number of hydrogen-bond acceptors (Lipinski definition) is 5. The molecule has 9 nitrogen and oxygen atoms in total. The Balaban J connectivity index is 1.58. The first-order chi connectivity index (χ1) is 12.1. The number of methoxy groups -OCH3 is 1. The Morgan fingerprint density at radius 1 is 1.36 bits per heavy atom. The molecular weight excluding hydrogens is 324 g/mol. The van der Waals surface area contributed by atoms with Gasteiger partial charge in [0, 0.05) is 25.3 Å². The van der Waals surface area contributed by atoms with Gasteiger partial charge in [0.15, 0.2) is 11.5 Å². The number of anilines is 1. The molecule has 2 atom stereocenters. The van der Waals surface area contributed by atoms with E-state index in [-0.39, 0.29) is 24.1 Å². The lowest BCUT2D eigenvalue weighted by Gasteiger charge is -2.22. The summed E-state index contributed by atoms with van der Waals surface area (Å²) in [7, 11) is 1.38. The van der Waals surface area contributed by atoms with Gasteiger partial charge in [0.25, 0.3) is 0 Å². The van der Waals surface area contributed by atoms with E-state index < -0.39 is 0 Å². The Bertz CT molecular complexity index is 761. The van der Waals surface area contributed by atoms with Crippen molar-refractivity contribution >= 4 is 29.1 Å². The summed E-state index contributed by atoms with van der Waals surface area (Å²) in [6, 6.07) is 1.44. The molecule has 0 aliphatic carbocycles. The fraction of sp³-hybridized carbons (Fsp3) is 0.500. The second-order valence-electron chi connectivity index (χ2n) is 6.18. The Hall–Kier alpha value is -2.84. The Labute approximate surface area is 145 Å². The van der Waals surface area contributed by atoms with E-state index in [4.69, 9.17) is 4.74 Å². The number of rotatable bonds is 2. The van der Waals surface area contributed by atoms with Gasteiger partial charge in [-0.2, -0.15) is 0 Å². The Kier molecular flexibility index (Phi) is 5.01. The molecule has 0 bridgehead atoms. The average Bonchev–Trinajstić information content (AvgIpc) is 2.99. The Morgan fingerprint density at radius 3 is 2.96 bits per heavy atom. The summed E-state index contributed by atoms with van der Waals surface area (Å²) in [5.74, 6) is 0.640. The molecule has 0 saturated carbocycles. The third-order valence-electron chi connectivity index (χ3n) is 4.50. The minimum atomic E-state index is -0.326. The zero-order chi connectivity index (χ0) is 17.8. The highest BCUT2D eigenvalue weighted by Crippen LogP contribution is 2.18. The van der Waals surface area contributed by atoms with Gasteiger partial charge in [-0.25, -0.2) is 19.6 Å². The molecule has 3 N–H and O–H groups in total. The lowest BCUT2D eigenvalue weighted by Crippen LogP contribution is -2.42. The molecule has 1 aliphatic heterocycles. The van der Waals surface area contributed by atoms with E-state index in [9.17, 15) is 9.59 Å². The molecule has 25 heavy (non-hydrogen) atoms. The fourth-order valence-electron chi connectivity index (χ4n) is 2.99. The van der Waals surface area contributed by atoms with Crippen molar-refractivity contribution in [3.05, 3.63) is 18.5 Å². The number of aromatic amines is 1. The maximum atomic E-state index is 12.3. The van der Waals surface area contributed by atoms with Crippen molar-refractivity contribution in [3.8, 4) is 0 Å². The van der Waals surface area contributed by atoms with Gasteiger partial charge in [-0.15, -0.1) is 0 Å². The molecule has 0 unspecified atom stereocenters. The number of ether oxygens (including phenoxy) is 1. The summed E-state index contributed by atoms with van der Waals surface area (Å²) in [4.78, 5) is 37.1. The van der Waals surface area contributed by atoms with Crippen molar-refractivity contribution in [1.29, 1.82) is 0 Å². The third kappa shape index (κ3) is 3.98. The minimum Gasteiger partial charge on any atom is -0.453 e. The van der Waals surface area contributed by atoms with Gasteiger partial charge >= 0.3 is 12.1 Å². The molecule has 2 aromatic heterocycles. The first-order valence-electron chi connectivity index (χ1n) is 8.27. The van der Waals surface area contributed by atoms with E-state index in [0.717, 1.165) is 6.42 Å². The monoisotopic (exact) mass is 346 g/mol. The lowest BCUT2D eigenvalue weighted by atomic mass is 9.97. The van der Waals surface area contributed by atoms with Crippen LogP contribution in [0.1, 0.15) is 19.8 Å². The van der Waals surface area contributed by atoms with Crippen molar-refractivity contribution in [2.24, 2.45) is 5.92 Å². The zero-order valence-corrected chi connectivity index (χ0v) is 14.3. The highest BCUT2D eigenvalue weighted by molar-refractivity contribution is 5.89.